The quantitative estimate of drug-likeness (QED) is 0.748. The lowest BCUT2D eigenvalue weighted by molar-refractivity contribution is 0.610. The molecule has 0 aliphatic heterocycles. The van der Waals surface area contributed by atoms with Crippen molar-refractivity contribution < 1.29 is 4.42 Å². The molecule has 0 aliphatic carbocycles. The van der Waals surface area contributed by atoms with Gasteiger partial charge in [-0.2, -0.15) is 0 Å². The predicted molar refractivity (Wildman–Crippen MR) is 51.8 cm³/mol. The van der Waals surface area contributed by atoms with E-state index >= 15 is 0 Å². The minimum Gasteiger partial charge on any atom is -0.462 e. The summed E-state index contributed by atoms with van der Waals surface area (Å²) in [5.41, 5.74) is 8.04. The van der Waals surface area contributed by atoms with E-state index < -0.39 is 0 Å². The first-order valence-corrected chi connectivity index (χ1v) is 4.42. The molecule has 0 bridgehead atoms. The van der Waals surface area contributed by atoms with Gasteiger partial charge in [0.2, 0.25) is 0 Å². The van der Waals surface area contributed by atoms with Crippen molar-refractivity contribution in [2.75, 3.05) is 6.54 Å². The first-order chi connectivity index (χ1) is 6.31. The molecule has 2 N–H and O–H groups in total. The summed E-state index contributed by atoms with van der Waals surface area (Å²) in [7, 11) is 0. The fraction of sp³-hybridized carbons (Fsp3) is 0.222. The van der Waals surface area contributed by atoms with Gasteiger partial charge in [-0.05, 0) is 25.1 Å². The van der Waals surface area contributed by atoms with Crippen LogP contribution in [0, 0.1) is 0 Å². The Hall–Kier alpha value is -1.06. The van der Waals surface area contributed by atoms with Crippen molar-refractivity contribution in [1.29, 1.82) is 0 Å². The van der Waals surface area contributed by atoms with Gasteiger partial charge in [0.25, 0.3) is 0 Å². The maximum atomic E-state index is 5.76. The molecule has 0 amide bonds. The Balaban J connectivity index is 2.58. The van der Waals surface area contributed by atoms with E-state index in [0.717, 1.165) is 23.1 Å². The molecule has 3 nitrogen and oxygen atoms in total. The van der Waals surface area contributed by atoms with E-state index in [1.807, 2.05) is 6.07 Å². The molecule has 2 rings (SSSR count). The van der Waals surface area contributed by atoms with Crippen LogP contribution >= 0.6 is 11.6 Å². The van der Waals surface area contributed by atoms with Gasteiger partial charge in [0.15, 0.2) is 5.58 Å². The molecular formula is C9H9ClN2O. The number of aromatic nitrogens is 1. The van der Waals surface area contributed by atoms with Crippen molar-refractivity contribution >= 4 is 22.7 Å². The van der Waals surface area contributed by atoms with Crippen LogP contribution in [0.4, 0.5) is 0 Å². The molecule has 0 aromatic carbocycles. The normalized spacial score (nSPS) is 10.9. The van der Waals surface area contributed by atoms with Crippen LogP contribution in [0.1, 0.15) is 5.56 Å². The van der Waals surface area contributed by atoms with Crippen molar-refractivity contribution in [3.63, 3.8) is 0 Å². The highest BCUT2D eigenvalue weighted by Gasteiger charge is 2.06. The number of nitrogens with zero attached hydrogens (tertiary/aromatic N) is 1. The molecule has 0 atom stereocenters. The smallest absolute Gasteiger partial charge is 0.152 e. The molecular weight excluding hydrogens is 188 g/mol. The highest BCUT2D eigenvalue weighted by molar-refractivity contribution is 6.29. The van der Waals surface area contributed by atoms with Gasteiger partial charge in [0, 0.05) is 5.56 Å². The molecule has 4 heteroatoms. The van der Waals surface area contributed by atoms with Crippen LogP contribution in [0.25, 0.3) is 11.1 Å². The van der Waals surface area contributed by atoms with E-state index in [1.165, 1.54) is 0 Å². The summed E-state index contributed by atoms with van der Waals surface area (Å²) < 4.78 is 5.28. The van der Waals surface area contributed by atoms with Gasteiger partial charge in [-0.1, -0.05) is 11.6 Å². The van der Waals surface area contributed by atoms with Crippen molar-refractivity contribution in [1.82, 2.24) is 4.98 Å². The van der Waals surface area contributed by atoms with Crippen LogP contribution in [0.5, 0.6) is 0 Å². The zero-order valence-electron chi connectivity index (χ0n) is 6.96. The van der Waals surface area contributed by atoms with Gasteiger partial charge in [0.1, 0.15) is 10.7 Å². The summed E-state index contributed by atoms with van der Waals surface area (Å²) in [6.45, 7) is 0.586. The van der Waals surface area contributed by atoms with Crippen molar-refractivity contribution in [3.05, 3.63) is 29.1 Å². The van der Waals surface area contributed by atoms with E-state index in [2.05, 4.69) is 4.98 Å². The molecule has 0 radical (unpaired) electrons. The minimum atomic E-state index is 0.479. The second kappa shape index (κ2) is 3.36. The summed E-state index contributed by atoms with van der Waals surface area (Å²) in [5, 5.41) is 0.479. The topological polar surface area (TPSA) is 52.0 Å². The second-order valence-electron chi connectivity index (χ2n) is 2.78. The number of rotatable bonds is 2. The minimum absolute atomic E-state index is 0.479. The first kappa shape index (κ1) is 8.53. The number of fused-ring (bicyclic) bond motifs is 1. The van der Waals surface area contributed by atoms with Gasteiger partial charge < -0.3 is 10.2 Å². The first-order valence-electron chi connectivity index (χ1n) is 4.04. The van der Waals surface area contributed by atoms with Crippen LogP contribution in [0.3, 0.4) is 0 Å². The van der Waals surface area contributed by atoms with Gasteiger partial charge in [-0.15, -0.1) is 0 Å². The van der Waals surface area contributed by atoms with Crippen LogP contribution in [-0.4, -0.2) is 11.5 Å². The van der Waals surface area contributed by atoms with Gasteiger partial charge in [0.05, 0.1) is 6.26 Å². The Morgan fingerprint density at radius 2 is 2.31 bits per heavy atom. The van der Waals surface area contributed by atoms with E-state index in [4.69, 9.17) is 21.8 Å². The maximum Gasteiger partial charge on any atom is 0.152 e. The lowest BCUT2D eigenvalue weighted by Crippen LogP contribution is -2.02. The maximum absolute atomic E-state index is 5.76. The van der Waals surface area contributed by atoms with Crippen molar-refractivity contribution in [2.45, 2.75) is 6.42 Å². The van der Waals surface area contributed by atoms with E-state index in [1.54, 1.807) is 12.3 Å². The molecule has 0 saturated heterocycles. The average Bonchev–Trinajstić information content (AvgIpc) is 2.49. The summed E-state index contributed by atoms with van der Waals surface area (Å²) in [4.78, 5) is 4.17. The zero-order valence-corrected chi connectivity index (χ0v) is 7.71. The highest BCUT2D eigenvalue weighted by atomic mass is 35.5. The molecule has 2 heterocycles. The van der Waals surface area contributed by atoms with Crippen molar-refractivity contribution in [2.24, 2.45) is 5.73 Å². The number of hydrogen-bond donors (Lipinski definition) is 1. The fourth-order valence-electron chi connectivity index (χ4n) is 1.27. The van der Waals surface area contributed by atoms with Crippen LogP contribution in [0.2, 0.25) is 5.15 Å². The fourth-order valence-corrected chi connectivity index (χ4v) is 1.42. The molecule has 68 valence electrons. The number of halogens is 1. The largest absolute Gasteiger partial charge is 0.462 e. The Bertz CT molecular complexity index is 424. The van der Waals surface area contributed by atoms with Gasteiger partial charge >= 0.3 is 0 Å². The number of furan rings is 1. The third-order valence-electron chi connectivity index (χ3n) is 1.87. The molecule has 0 unspecified atom stereocenters. The Morgan fingerprint density at radius 3 is 3.08 bits per heavy atom. The predicted octanol–water partition coefficient (Wildman–Crippen LogP) is 1.98. The summed E-state index contributed by atoms with van der Waals surface area (Å²) in [6.07, 6.45) is 2.45. The van der Waals surface area contributed by atoms with Gasteiger partial charge in [-0.25, -0.2) is 4.98 Å². The zero-order chi connectivity index (χ0) is 9.26. The number of nitrogens with two attached hydrogens (primary N) is 1. The molecule has 2 aromatic rings. The van der Waals surface area contributed by atoms with Crippen molar-refractivity contribution in [3.8, 4) is 0 Å². The number of hydrogen-bond acceptors (Lipinski definition) is 3. The second-order valence-corrected chi connectivity index (χ2v) is 3.17. The monoisotopic (exact) mass is 196 g/mol. The Kier molecular flexibility index (Phi) is 2.20. The van der Waals surface area contributed by atoms with Crippen LogP contribution in [0.15, 0.2) is 22.8 Å². The lowest BCUT2D eigenvalue weighted by atomic mass is 10.2. The molecule has 13 heavy (non-hydrogen) atoms. The molecule has 0 spiro atoms. The SMILES string of the molecule is NCCc1coc2ccc(Cl)nc12. The molecule has 0 fully saturated rings. The summed E-state index contributed by atoms with van der Waals surface area (Å²) in [6, 6.07) is 3.52. The summed E-state index contributed by atoms with van der Waals surface area (Å²) >= 11 is 5.76. The molecule has 0 saturated carbocycles. The van der Waals surface area contributed by atoms with E-state index in [9.17, 15) is 0 Å². The van der Waals surface area contributed by atoms with E-state index in [-0.39, 0.29) is 0 Å². The van der Waals surface area contributed by atoms with Crippen LogP contribution < -0.4 is 5.73 Å². The lowest BCUT2D eigenvalue weighted by Gasteiger charge is -1.93. The molecule has 2 aromatic heterocycles. The van der Waals surface area contributed by atoms with E-state index in [0.29, 0.717) is 11.7 Å². The Morgan fingerprint density at radius 1 is 1.46 bits per heavy atom. The highest BCUT2D eigenvalue weighted by Crippen LogP contribution is 2.21. The summed E-state index contributed by atoms with van der Waals surface area (Å²) in [5.74, 6) is 0. The molecule has 0 aliphatic rings. The average molecular weight is 197 g/mol. The third-order valence-corrected chi connectivity index (χ3v) is 2.08. The number of pyridine rings is 1. The standard InChI is InChI=1S/C9H9ClN2O/c10-8-2-1-7-9(12-8)6(3-4-11)5-13-7/h1-2,5H,3-4,11H2. The van der Waals surface area contributed by atoms with Gasteiger partial charge in [-0.3, -0.25) is 0 Å². The Labute approximate surface area is 80.5 Å². The van der Waals surface area contributed by atoms with Crippen LogP contribution in [-0.2, 0) is 6.42 Å². The third kappa shape index (κ3) is 1.53.